The molecular formula is C26H26ClN3O4. The van der Waals surface area contributed by atoms with Gasteiger partial charge in [0.15, 0.2) is 5.78 Å². The maximum atomic E-state index is 13.2. The number of hydrogen-bond acceptors (Lipinski definition) is 4. The smallest absolute Gasteiger partial charge is 0.325 e. The van der Waals surface area contributed by atoms with Gasteiger partial charge in [-0.3, -0.25) is 14.5 Å². The Balaban J connectivity index is 1.57. The number of ketones is 1. The number of hydrogen-bond donors (Lipinski definition) is 1. The van der Waals surface area contributed by atoms with Crippen molar-refractivity contribution in [3.05, 3.63) is 82.1 Å². The standard InChI is InChI=1S/C26H26ClN3O4/c1-5-34-21-12-10-20(11-13-21)30-16(2)14-22(17(30)3)23(31)15-29-24(32)26(4,28-25(29)33)18-6-8-19(27)9-7-18/h6-14H,5,15H2,1-4H3,(H,28,33). The normalized spacial score (nSPS) is 17.7. The molecule has 0 saturated carbocycles. The largest absolute Gasteiger partial charge is 0.494 e. The van der Waals surface area contributed by atoms with E-state index < -0.39 is 17.5 Å². The zero-order valence-corrected chi connectivity index (χ0v) is 20.3. The van der Waals surface area contributed by atoms with Gasteiger partial charge in [-0.15, -0.1) is 0 Å². The van der Waals surface area contributed by atoms with Crippen molar-refractivity contribution in [2.75, 3.05) is 13.2 Å². The van der Waals surface area contributed by atoms with E-state index in [9.17, 15) is 14.4 Å². The van der Waals surface area contributed by atoms with Crippen molar-refractivity contribution in [1.29, 1.82) is 0 Å². The fourth-order valence-corrected chi connectivity index (χ4v) is 4.47. The lowest BCUT2D eigenvalue weighted by Gasteiger charge is -2.22. The Morgan fingerprint density at radius 1 is 1.06 bits per heavy atom. The number of ether oxygens (including phenoxy) is 1. The van der Waals surface area contributed by atoms with Crippen LogP contribution in [0.4, 0.5) is 4.79 Å². The lowest BCUT2D eigenvalue weighted by atomic mass is 9.92. The Morgan fingerprint density at radius 2 is 1.71 bits per heavy atom. The van der Waals surface area contributed by atoms with E-state index in [0.717, 1.165) is 27.7 Å². The van der Waals surface area contributed by atoms with Crippen LogP contribution in [0.5, 0.6) is 5.75 Å². The van der Waals surface area contributed by atoms with Crippen molar-refractivity contribution in [1.82, 2.24) is 14.8 Å². The molecule has 1 aliphatic rings. The molecule has 7 nitrogen and oxygen atoms in total. The summed E-state index contributed by atoms with van der Waals surface area (Å²) in [4.78, 5) is 40.1. The van der Waals surface area contributed by atoms with E-state index in [1.807, 2.05) is 49.6 Å². The summed E-state index contributed by atoms with van der Waals surface area (Å²) in [5.41, 5.74) is 2.29. The number of carbonyl (C=O) groups is 3. The second-order valence-electron chi connectivity index (χ2n) is 8.42. The van der Waals surface area contributed by atoms with Crippen LogP contribution in [0.25, 0.3) is 5.69 Å². The number of aryl methyl sites for hydroxylation is 1. The summed E-state index contributed by atoms with van der Waals surface area (Å²) in [6, 6.07) is 15.5. The summed E-state index contributed by atoms with van der Waals surface area (Å²) >= 11 is 5.95. The maximum Gasteiger partial charge on any atom is 0.325 e. The van der Waals surface area contributed by atoms with Crippen molar-refractivity contribution < 1.29 is 19.1 Å². The molecule has 2 heterocycles. The first kappa shape index (κ1) is 23.6. The van der Waals surface area contributed by atoms with Gasteiger partial charge < -0.3 is 14.6 Å². The highest BCUT2D eigenvalue weighted by molar-refractivity contribution is 6.30. The minimum atomic E-state index is -1.26. The molecule has 34 heavy (non-hydrogen) atoms. The van der Waals surface area contributed by atoms with Gasteiger partial charge in [0.2, 0.25) is 0 Å². The zero-order valence-electron chi connectivity index (χ0n) is 19.5. The fourth-order valence-electron chi connectivity index (χ4n) is 4.35. The van der Waals surface area contributed by atoms with E-state index in [1.54, 1.807) is 37.3 Å². The molecule has 1 atom stereocenters. The molecule has 1 N–H and O–H groups in total. The van der Waals surface area contributed by atoms with E-state index >= 15 is 0 Å². The second-order valence-corrected chi connectivity index (χ2v) is 8.86. The van der Waals surface area contributed by atoms with Gasteiger partial charge in [-0.2, -0.15) is 0 Å². The van der Waals surface area contributed by atoms with Gasteiger partial charge >= 0.3 is 6.03 Å². The Hall–Kier alpha value is -3.58. The van der Waals surface area contributed by atoms with E-state index in [-0.39, 0.29) is 12.3 Å². The lowest BCUT2D eigenvalue weighted by molar-refractivity contribution is -0.130. The molecule has 1 unspecified atom stereocenters. The highest BCUT2D eigenvalue weighted by Gasteiger charge is 2.49. The molecule has 1 fully saturated rings. The zero-order chi connectivity index (χ0) is 24.6. The van der Waals surface area contributed by atoms with E-state index in [2.05, 4.69) is 5.32 Å². The predicted octanol–water partition coefficient (Wildman–Crippen LogP) is 4.80. The van der Waals surface area contributed by atoms with Crippen molar-refractivity contribution in [3.8, 4) is 11.4 Å². The van der Waals surface area contributed by atoms with Crippen LogP contribution in [-0.2, 0) is 10.3 Å². The molecule has 1 aliphatic heterocycles. The fraction of sp³-hybridized carbons (Fsp3) is 0.269. The molecule has 1 aromatic heterocycles. The van der Waals surface area contributed by atoms with Crippen LogP contribution in [0.2, 0.25) is 5.02 Å². The molecule has 3 amide bonds. The van der Waals surface area contributed by atoms with Crippen LogP contribution < -0.4 is 10.1 Å². The van der Waals surface area contributed by atoms with Gasteiger partial charge in [-0.25, -0.2) is 4.79 Å². The van der Waals surface area contributed by atoms with Gasteiger partial charge in [-0.1, -0.05) is 23.7 Å². The Labute approximate surface area is 203 Å². The van der Waals surface area contributed by atoms with Crippen molar-refractivity contribution in [2.24, 2.45) is 0 Å². The molecule has 0 spiro atoms. The van der Waals surface area contributed by atoms with Gasteiger partial charge in [0.25, 0.3) is 5.91 Å². The molecule has 176 valence electrons. The van der Waals surface area contributed by atoms with Crippen LogP contribution in [0.3, 0.4) is 0 Å². The third-order valence-electron chi connectivity index (χ3n) is 6.14. The maximum absolute atomic E-state index is 13.2. The highest BCUT2D eigenvalue weighted by atomic mass is 35.5. The van der Waals surface area contributed by atoms with Crippen molar-refractivity contribution >= 4 is 29.3 Å². The van der Waals surface area contributed by atoms with Crippen LogP contribution in [-0.4, -0.2) is 40.3 Å². The number of Topliss-reactive ketones (excluding diaryl/α,β-unsaturated/α-hetero) is 1. The first-order chi connectivity index (χ1) is 16.2. The lowest BCUT2D eigenvalue weighted by Crippen LogP contribution is -2.41. The second kappa shape index (κ2) is 8.99. The summed E-state index contributed by atoms with van der Waals surface area (Å²) in [5, 5.41) is 3.25. The van der Waals surface area contributed by atoms with Crippen LogP contribution >= 0.6 is 11.6 Å². The summed E-state index contributed by atoms with van der Waals surface area (Å²) in [6.45, 7) is 7.54. The number of imide groups is 1. The first-order valence-electron chi connectivity index (χ1n) is 11.0. The van der Waals surface area contributed by atoms with Crippen molar-refractivity contribution in [3.63, 3.8) is 0 Å². The number of benzene rings is 2. The number of amides is 3. The summed E-state index contributed by atoms with van der Waals surface area (Å²) in [5.74, 6) is -0.0186. The Bertz CT molecular complexity index is 1260. The molecular weight excluding hydrogens is 454 g/mol. The van der Waals surface area contributed by atoms with Crippen LogP contribution in [0.15, 0.2) is 54.6 Å². The number of aromatic nitrogens is 1. The van der Waals surface area contributed by atoms with E-state index in [4.69, 9.17) is 16.3 Å². The molecule has 3 aromatic rings. The predicted molar refractivity (Wildman–Crippen MR) is 130 cm³/mol. The third-order valence-corrected chi connectivity index (χ3v) is 6.39. The molecule has 4 rings (SSSR count). The third kappa shape index (κ3) is 4.07. The number of nitrogens with zero attached hydrogens (tertiary/aromatic N) is 2. The quantitative estimate of drug-likeness (QED) is 0.390. The highest BCUT2D eigenvalue weighted by Crippen LogP contribution is 2.30. The number of carbonyl (C=O) groups excluding carboxylic acids is 3. The summed E-state index contributed by atoms with van der Waals surface area (Å²) in [7, 11) is 0. The van der Waals surface area contributed by atoms with E-state index in [0.29, 0.717) is 22.8 Å². The molecule has 0 bridgehead atoms. The number of halogens is 1. The average Bonchev–Trinajstić information content (AvgIpc) is 3.22. The topological polar surface area (TPSA) is 80.6 Å². The first-order valence-corrected chi connectivity index (χ1v) is 11.4. The van der Waals surface area contributed by atoms with Gasteiger partial charge in [0.1, 0.15) is 11.3 Å². The van der Waals surface area contributed by atoms with Gasteiger partial charge in [0, 0.05) is 27.7 Å². The number of nitrogens with one attached hydrogen (secondary N) is 1. The Kier molecular flexibility index (Phi) is 6.23. The minimum Gasteiger partial charge on any atom is -0.494 e. The van der Waals surface area contributed by atoms with Crippen LogP contribution in [0.1, 0.15) is 41.2 Å². The SMILES string of the molecule is CCOc1ccc(-n2c(C)cc(C(=O)CN3C(=O)NC(C)(c4ccc(Cl)cc4)C3=O)c2C)cc1. The summed E-state index contributed by atoms with van der Waals surface area (Å²) < 4.78 is 7.47. The molecule has 8 heteroatoms. The monoisotopic (exact) mass is 479 g/mol. The average molecular weight is 480 g/mol. The summed E-state index contributed by atoms with van der Waals surface area (Å²) in [6.07, 6.45) is 0. The van der Waals surface area contributed by atoms with Crippen molar-refractivity contribution in [2.45, 2.75) is 33.2 Å². The van der Waals surface area contributed by atoms with Gasteiger partial charge in [-0.05, 0) is 75.7 Å². The molecule has 2 aromatic carbocycles. The van der Waals surface area contributed by atoms with Crippen LogP contribution in [0, 0.1) is 13.8 Å². The molecule has 0 aliphatic carbocycles. The minimum absolute atomic E-state index is 0.311. The Morgan fingerprint density at radius 3 is 2.32 bits per heavy atom. The molecule has 0 radical (unpaired) electrons. The van der Waals surface area contributed by atoms with E-state index in [1.165, 1.54) is 0 Å². The number of urea groups is 1. The molecule has 1 saturated heterocycles. The number of rotatable bonds is 7. The van der Waals surface area contributed by atoms with Gasteiger partial charge in [0.05, 0.1) is 13.2 Å².